The molecule has 0 radical (unpaired) electrons. The highest BCUT2D eigenvalue weighted by Crippen LogP contribution is 2.33. The van der Waals surface area contributed by atoms with Gasteiger partial charge in [0.1, 0.15) is 4.21 Å². The topological polar surface area (TPSA) is 49.4 Å². The smallest absolute Gasteiger partial charge is 0.252 e. The van der Waals surface area contributed by atoms with E-state index in [-0.39, 0.29) is 6.04 Å². The average molecular weight is 295 g/mol. The third kappa shape index (κ3) is 2.51. The van der Waals surface area contributed by atoms with Gasteiger partial charge in [-0.2, -0.15) is 4.31 Å². The number of halogens is 1. The number of likely N-dealkylation sites (N-methyl/N-ethyl adjacent to an activating group) is 1. The van der Waals surface area contributed by atoms with Crippen LogP contribution < -0.4 is 5.32 Å². The molecule has 0 aliphatic carbocycles. The summed E-state index contributed by atoms with van der Waals surface area (Å²) in [7, 11) is -1.50. The van der Waals surface area contributed by atoms with Gasteiger partial charge in [0.05, 0.1) is 4.34 Å². The van der Waals surface area contributed by atoms with Gasteiger partial charge in [-0.15, -0.1) is 11.3 Å². The van der Waals surface area contributed by atoms with Crippen molar-refractivity contribution in [1.82, 2.24) is 9.62 Å². The number of hydrogen-bond donors (Lipinski definition) is 1. The lowest BCUT2D eigenvalue weighted by atomic mass is 10.3. The Morgan fingerprint density at radius 2 is 2.29 bits per heavy atom. The van der Waals surface area contributed by atoms with Crippen molar-refractivity contribution in [1.29, 1.82) is 0 Å². The van der Waals surface area contributed by atoms with Gasteiger partial charge in [-0.25, -0.2) is 8.42 Å². The Morgan fingerprint density at radius 1 is 1.59 bits per heavy atom. The minimum absolute atomic E-state index is 0.251. The van der Waals surface area contributed by atoms with Crippen LogP contribution in [0.3, 0.4) is 0 Å². The lowest BCUT2D eigenvalue weighted by Crippen LogP contribution is -2.33. The first-order valence-corrected chi connectivity index (χ1v) is 8.02. The van der Waals surface area contributed by atoms with Crippen molar-refractivity contribution < 1.29 is 8.42 Å². The van der Waals surface area contributed by atoms with Crippen LogP contribution in [-0.2, 0) is 10.0 Å². The zero-order valence-electron chi connectivity index (χ0n) is 9.73. The number of aryl methyl sites for hydroxylation is 1. The summed E-state index contributed by atoms with van der Waals surface area (Å²) in [6.07, 6.45) is 0.855. The van der Waals surface area contributed by atoms with Gasteiger partial charge in [0.15, 0.2) is 0 Å². The van der Waals surface area contributed by atoms with E-state index in [9.17, 15) is 8.42 Å². The molecule has 1 aliphatic rings. The molecule has 1 fully saturated rings. The molecule has 1 atom stereocenters. The molecule has 1 unspecified atom stereocenters. The monoisotopic (exact) mass is 294 g/mol. The maximum Gasteiger partial charge on any atom is 0.252 e. The van der Waals surface area contributed by atoms with E-state index in [0.29, 0.717) is 21.6 Å². The lowest BCUT2D eigenvalue weighted by Gasteiger charge is -2.14. The zero-order valence-corrected chi connectivity index (χ0v) is 12.1. The highest BCUT2D eigenvalue weighted by atomic mass is 35.5. The van der Waals surface area contributed by atoms with Gasteiger partial charge < -0.3 is 5.32 Å². The number of nitrogens with one attached hydrogen (secondary N) is 1. The fourth-order valence-electron chi connectivity index (χ4n) is 1.87. The molecule has 17 heavy (non-hydrogen) atoms. The van der Waals surface area contributed by atoms with Crippen molar-refractivity contribution in [2.24, 2.45) is 0 Å². The number of thiophene rings is 1. The fraction of sp³-hybridized carbons (Fsp3) is 0.600. The Bertz CT molecular complexity index is 493. The molecule has 4 nitrogen and oxygen atoms in total. The largest absolute Gasteiger partial charge is 0.316 e. The van der Waals surface area contributed by atoms with Gasteiger partial charge in [0, 0.05) is 19.1 Å². The number of sulfonamides is 1. The molecule has 1 saturated heterocycles. The summed E-state index contributed by atoms with van der Waals surface area (Å²) < 4.78 is 27.0. The third-order valence-corrected chi connectivity index (χ3v) is 6.86. The van der Waals surface area contributed by atoms with E-state index in [2.05, 4.69) is 5.32 Å². The summed E-state index contributed by atoms with van der Waals surface area (Å²) in [5.74, 6) is 0. The molecule has 1 aliphatic heterocycles. The minimum Gasteiger partial charge on any atom is -0.316 e. The predicted octanol–water partition coefficient (Wildman–Crippen LogP) is 1.69. The van der Waals surface area contributed by atoms with Crippen LogP contribution in [-0.4, -0.2) is 38.9 Å². The summed E-state index contributed by atoms with van der Waals surface area (Å²) in [5.41, 5.74) is 0.819. The second-order valence-corrected chi connectivity index (χ2v) is 7.98. The van der Waals surface area contributed by atoms with E-state index in [1.165, 1.54) is 4.31 Å². The molecular formula is C10H15ClN2O2S2. The Morgan fingerprint density at radius 3 is 2.76 bits per heavy atom. The SMILES string of the molecule is CNC1CCN(S(=O)(=O)c2cc(C)c(Cl)s2)C1. The molecule has 0 spiro atoms. The van der Waals surface area contributed by atoms with Gasteiger partial charge >= 0.3 is 0 Å². The molecule has 1 aromatic heterocycles. The van der Waals surface area contributed by atoms with Crippen LogP contribution in [0.1, 0.15) is 12.0 Å². The van der Waals surface area contributed by atoms with Crippen molar-refractivity contribution in [3.8, 4) is 0 Å². The average Bonchev–Trinajstić information content (AvgIpc) is 2.87. The molecule has 2 heterocycles. The van der Waals surface area contributed by atoms with E-state index < -0.39 is 10.0 Å². The summed E-state index contributed by atoms with van der Waals surface area (Å²) in [6, 6.07) is 1.90. The van der Waals surface area contributed by atoms with Crippen LogP contribution >= 0.6 is 22.9 Å². The lowest BCUT2D eigenvalue weighted by molar-refractivity contribution is 0.466. The molecule has 2 rings (SSSR count). The Balaban J connectivity index is 2.25. The van der Waals surface area contributed by atoms with Crippen LogP contribution in [0.2, 0.25) is 4.34 Å². The first-order chi connectivity index (χ1) is 7.95. The highest BCUT2D eigenvalue weighted by Gasteiger charge is 2.33. The van der Waals surface area contributed by atoms with E-state index in [1.807, 2.05) is 14.0 Å². The molecule has 7 heteroatoms. The molecule has 1 N–H and O–H groups in total. The first-order valence-electron chi connectivity index (χ1n) is 5.38. The van der Waals surface area contributed by atoms with Crippen molar-refractivity contribution in [3.63, 3.8) is 0 Å². The van der Waals surface area contributed by atoms with E-state index >= 15 is 0 Å². The maximum absolute atomic E-state index is 12.3. The number of hydrogen-bond acceptors (Lipinski definition) is 4. The van der Waals surface area contributed by atoms with Crippen molar-refractivity contribution >= 4 is 33.0 Å². The van der Waals surface area contributed by atoms with E-state index in [1.54, 1.807) is 6.07 Å². The van der Waals surface area contributed by atoms with Gasteiger partial charge in [0.2, 0.25) is 0 Å². The van der Waals surface area contributed by atoms with Gasteiger partial charge in [-0.3, -0.25) is 0 Å². The number of rotatable bonds is 3. The van der Waals surface area contributed by atoms with Crippen molar-refractivity contribution in [3.05, 3.63) is 16.0 Å². The molecular weight excluding hydrogens is 280 g/mol. The molecule has 0 aromatic carbocycles. The Kier molecular flexibility index (Phi) is 3.80. The quantitative estimate of drug-likeness (QED) is 0.923. The predicted molar refractivity (Wildman–Crippen MR) is 70.3 cm³/mol. The van der Waals surface area contributed by atoms with E-state index in [0.717, 1.165) is 23.3 Å². The molecule has 0 bridgehead atoms. The summed E-state index contributed by atoms with van der Waals surface area (Å²) in [6.45, 7) is 2.92. The molecule has 96 valence electrons. The van der Waals surface area contributed by atoms with E-state index in [4.69, 9.17) is 11.6 Å². The third-order valence-electron chi connectivity index (χ3n) is 2.99. The second-order valence-electron chi connectivity index (χ2n) is 4.16. The molecule has 1 aromatic rings. The van der Waals surface area contributed by atoms with Gasteiger partial charge in [0.25, 0.3) is 10.0 Å². The van der Waals surface area contributed by atoms with Crippen molar-refractivity contribution in [2.45, 2.75) is 23.6 Å². The van der Waals surface area contributed by atoms with Crippen LogP contribution in [0, 0.1) is 6.92 Å². The Hall–Kier alpha value is -0.140. The van der Waals surface area contributed by atoms with Gasteiger partial charge in [-0.05, 0) is 32.0 Å². The van der Waals surface area contributed by atoms with Crippen LogP contribution in [0.4, 0.5) is 0 Å². The highest BCUT2D eigenvalue weighted by molar-refractivity contribution is 7.91. The summed E-state index contributed by atoms with van der Waals surface area (Å²) >= 11 is 7.05. The molecule has 0 amide bonds. The standard InChI is InChI=1S/C10H15ClN2O2S2/c1-7-5-9(16-10(7)11)17(14,15)13-4-3-8(6-13)12-2/h5,8,12H,3-4,6H2,1-2H3. The minimum atomic E-state index is -3.36. The number of nitrogens with zero attached hydrogens (tertiary/aromatic N) is 1. The molecule has 0 saturated carbocycles. The second kappa shape index (κ2) is 4.85. The van der Waals surface area contributed by atoms with Crippen LogP contribution in [0.25, 0.3) is 0 Å². The van der Waals surface area contributed by atoms with Crippen LogP contribution in [0.5, 0.6) is 0 Å². The van der Waals surface area contributed by atoms with Gasteiger partial charge in [-0.1, -0.05) is 11.6 Å². The first kappa shape index (κ1) is 13.3. The fourth-order valence-corrected chi connectivity index (χ4v) is 5.23. The maximum atomic E-state index is 12.3. The summed E-state index contributed by atoms with van der Waals surface area (Å²) in [4.78, 5) is 0. The van der Waals surface area contributed by atoms with Crippen molar-refractivity contribution in [2.75, 3.05) is 20.1 Å². The zero-order chi connectivity index (χ0) is 12.6. The Labute approximate surface area is 111 Å². The van der Waals surface area contributed by atoms with Crippen LogP contribution in [0.15, 0.2) is 10.3 Å². The normalized spacial score (nSPS) is 22.2. The summed E-state index contributed by atoms with van der Waals surface area (Å²) in [5, 5.41) is 3.11.